The van der Waals surface area contributed by atoms with Crippen molar-refractivity contribution < 1.29 is 14.5 Å². The van der Waals surface area contributed by atoms with E-state index < -0.39 is 16.5 Å². The lowest BCUT2D eigenvalue weighted by Gasteiger charge is -2.07. The molecule has 0 unspecified atom stereocenters. The minimum absolute atomic E-state index is 0.0857. The van der Waals surface area contributed by atoms with Crippen molar-refractivity contribution >= 4 is 11.7 Å². The van der Waals surface area contributed by atoms with Crippen LogP contribution in [0.15, 0.2) is 47.4 Å². The SMILES string of the molecule is Cc1cc(=O)n(CC(=O)OCc2ccccc2)cc1[N+](=O)[O-]. The molecule has 114 valence electrons. The molecule has 0 radical (unpaired) electrons. The number of hydrogen-bond donors (Lipinski definition) is 0. The summed E-state index contributed by atoms with van der Waals surface area (Å²) < 4.78 is 6.02. The Kier molecular flexibility index (Phi) is 4.67. The lowest BCUT2D eigenvalue weighted by Crippen LogP contribution is -2.25. The number of pyridine rings is 1. The molecule has 0 aliphatic heterocycles. The third-order valence-electron chi connectivity index (χ3n) is 3.04. The second kappa shape index (κ2) is 6.66. The Hall–Kier alpha value is -2.96. The average Bonchev–Trinajstić information content (AvgIpc) is 2.48. The summed E-state index contributed by atoms with van der Waals surface area (Å²) in [7, 11) is 0. The first-order chi connectivity index (χ1) is 10.5. The maximum absolute atomic E-state index is 11.8. The topological polar surface area (TPSA) is 91.4 Å². The quantitative estimate of drug-likeness (QED) is 0.477. The standard InChI is InChI=1S/C15H14N2O5/c1-11-7-14(18)16(8-13(11)17(20)21)9-15(19)22-10-12-5-3-2-4-6-12/h2-8H,9-10H2,1H3. The average molecular weight is 302 g/mol. The fourth-order valence-corrected chi connectivity index (χ4v) is 1.89. The van der Waals surface area contributed by atoms with Crippen LogP contribution in [0.1, 0.15) is 11.1 Å². The number of rotatable bonds is 5. The van der Waals surface area contributed by atoms with Crippen molar-refractivity contribution in [2.24, 2.45) is 0 Å². The first-order valence-electron chi connectivity index (χ1n) is 6.52. The van der Waals surface area contributed by atoms with Gasteiger partial charge in [0.25, 0.3) is 11.2 Å². The molecule has 0 bridgehead atoms. The van der Waals surface area contributed by atoms with E-state index >= 15 is 0 Å². The highest BCUT2D eigenvalue weighted by atomic mass is 16.6. The number of esters is 1. The molecule has 0 amide bonds. The zero-order valence-electron chi connectivity index (χ0n) is 11.9. The third-order valence-corrected chi connectivity index (χ3v) is 3.04. The second-order valence-electron chi connectivity index (χ2n) is 4.71. The highest BCUT2D eigenvalue weighted by Gasteiger charge is 2.15. The third kappa shape index (κ3) is 3.78. The van der Waals surface area contributed by atoms with E-state index in [4.69, 9.17) is 4.74 Å². The number of benzene rings is 1. The highest BCUT2D eigenvalue weighted by Crippen LogP contribution is 2.14. The maximum Gasteiger partial charge on any atom is 0.326 e. The minimum Gasteiger partial charge on any atom is -0.459 e. The van der Waals surface area contributed by atoms with Gasteiger partial charge in [-0.15, -0.1) is 0 Å². The van der Waals surface area contributed by atoms with Crippen LogP contribution in [0.3, 0.4) is 0 Å². The van der Waals surface area contributed by atoms with E-state index in [2.05, 4.69) is 0 Å². The van der Waals surface area contributed by atoms with Crippen LogP contribution >= 0.6 is 0 Å². The van der Waals surface area contributed by atoms with E-state index in [0.29, 0.717) is 0 Å². The molecule has 7 nitrogen and oxygen atoms in total. The van der Waals surface area contributed by atoms with Gasteiger partial charge in [0.1, 0.15) is 13.2 Å². The van der Waals surface area contributed by atoms with E-state index in [1.807, 2.05) is 18.2 Å². The molecular weight excluding hydrogens is 288 g/mol. The van der Waals surface area contributed by atoms with Crippen LogP contribution in [0, 0.1) is 17.0 Å². The molecule has 22 heavy (non-hydrogen) atoms. The predicted molar refractivity (Wildman–Crippen MR) is 78.3 cm³/mol. The van der Waals surface area contributed by atoms with Gasteiger partial charge in [-0.1, -0.05) is 30.3 Å². The second-order valence-corrected chi connectivity index (χ2v) is 4.71. The lowest BCUT2D eigenvalue weighted by molar-refractivity contribution is -0.385. The molecule has 0 N–H and O–H groups in total. The Morgan fingerprint density at radius 1 is 1.32 bits per heavy atom. The number of hydrogen-bond acceptors (Lipinski definition) is 5. The van der Waals surface area contributed by atoms with Gasteiger partial charge in [0, 0.05) is 11.6 Å². The zero-order chi connectivity index (χ0) is 16.1. The molecule has 2 rings (SSSR count). The summed E-state index contributed by atoms with van der Waals surface area (Å²) in [5, 5.41) is 10.9. The van der Waals surface area contributed by atoms with Gasteiger partial charge in [-0.2, -0.15) is 0 Å². The predicted octanol–water partition coefficient (Wildman–Crippen LogP) is 1.81. The fraction of sp³-hybridized carbons (Fsp3) is 0.200. The van der Waals surface area contributed by atoms with Gasteiger partial charge in [0.05, 0.1) is 11.1 Å². The largest absolute Gasteiger partial charge is 0.459 e. The van der Waals surface area contributed by atoms with Gasteiger partial charge in [0.15, 0.2) is 0 Å². The molecule has 1 aromatic heterocycles. The van der Waals surface area contributed by atoms with Crippen LogP contribution in [0.25, 0.3) is 0 Å². The number of carbonyl (C=O) groups is 1. The van der Waals surface area contributed by atoms with Crippen molar-refractivity contribution in [2.45, 2.75) is 20.1 Å². The van der Waals surface area contributed by atoms with Crippen LogP contribution in [0.2, 0.25) is 0 Å². The van der Waals surface area contributed by atoms with E-state index in [1.54, 1.807) is 12.1 Å². The van der Waals surface area contributed by atoms with Crippen molar-refractivity contribution in [1.82, 2.24) is 4.57 Å². The van der Waals surface area contributed by atoms with Crippen LogP contribution in [-0.2, 0) is 22.7 Å². The van der Waals surface area contributed by atoms with E-state index in [1.165, 1.54) is 6.92 Å². The molecule has 0 saturated heterocycles. The summed E-state index contributed by atoms with van der Waals surface area (Å²) in [6.45, 7) is 1.19. The number of ether oxygens (including phenoxy) is 1. The van der Waals surface area contributed by atoms with E-state index in [9.17, 15) is 19.7 Å². The van der Waals surface area contributed by atoms with Gasteiger partial charge in [-0.3, -0.25) is 24.3 Å². The van der Waals surface area contributed by atoms with Crippen molar-refractivity contribution in [3.05, 3.63) is 74.2 Å². The highest BCUT2D eigenvalue weighted by molar-refractivity contribution is 5.69. The monoisotopic (exact) mass is 302 g/mol. The summed E-state index contributed by atoms with van der Waals surface area (Å²) in [6, 6.07) is 10.2. The van der Waals surface area contributed by atoms with Gasteiger partial charge in [0.2, 0.25) is 0 Å². The summed E-state index contributed by atoms with van der Waals surface area (Å²) in [5.74, 6) is -0.635. The van der Waals surface area contributed by atoms with Crippen molar-refractivity contribution in [1.29, 1.82) is 0 Å². The summed E-state index contributed by atoms with van der Waals surface area (Å²) in [6.07, 6.45) is 1.06. The van der Waals surface area contributed by atoms with Crippen LogP contribution in [0.5, 0.6) is 0 Å². The minimum atomic E-state index is -0.635. The zero-order valence-corrected chi connectivity index (χ0v) is 11.9. The normalized spacial score (nSPS) is 10.2. The number of nitrogens with zero attached hydrogens (tertiary/aromatic N) is 2. The Balaban J connectivity index is 2.07. The molecule has 0 saturated carbocycles. The Morgan fingerprint density at radius 3 is 2.64 bits per heavy atom. The molecule has 0 atom stereocenters. The molecule has 0 aliphatic carbocycles. The van der Waals surface area contributed by atoms with Crippen molar-refractivity contribution in [3.63, 3.8) is 0 Å². The molecule has 0 fully saturated rings. The smallest absolute Gasteiger partial charge is 0.326 e. The van der Waals surface area contributed by atoms with Crippen LogP contribution in [-0.4, -0.2) is 15.5 Å². The molecule has 2 aromatic rings. The number of aryl methyl sites for hydroxylation is 1. The fourth-order valence-electron chi connectivity index (χ4n) is 1.89. The molecule has 0 aliphatic rings. The maximum atomic E-state index is 11.8. The van der Waals surface area contributed by atoms with Gasteiger partial charge < -0.3 is 4.74 Å². The number of carbonyl (C=O) groups excluding carboxylic acids is 1. The summed E-state index contributed by atoms with van der Waals surface area (Å²) in [5.41, 5.74) is 0.372. The van der Waals surface area contributed by atoms with Gasteiger partial charge >= 0.3 is 5.97 Å². The molecule has 1 heterocycles. The number of aromatic nitrogens is 1. The Labute approximate surface area is 125 Å². The van der Waals surface area contributed by atoms with Gasteiger partial charge in [-0.05, 0) is 12.5 Å². The number of nitro groups is 1. The van der Waals surface area contributed by atoms with Crippen molar-refractivity contribution in [3.8, 4) is 0 Å². The van der Waals surface area contributed by atoms with E-state index in [-0.39, 0.29) is 24.4 Å². The molecular formula is C15H14N2O5. The lowest BCUT2D eigenvalue weighted by atomic mass is 10.2. The summed E-state index contributed by atoms with van der Waals surface area (Å²) in [4.78, 5) is 33.8. The molecule has 7 heteroatoms. The first kappa shape index (κ1) is 15.4. The Bertz CT molecular complexity index is 752. The molecule has 0 spiro atoms. The summed E-state index contributed by atoms with van der Waals surface area (Å²) >= 11 is 0. The Morgan fingerprint density at radius 2 is 2.00 bits per heavy atom. The van der Waals surface area contributed by atoms with Crippen molar-refractivity contribution in [2.75, 3.05) is 0 Å². The van der Waals surface area contributed by atoms with E-state index in [0.717, 1.165) is 22.4 Å². The van der Waals surface area contributed by atoms with Crippen LogP contribution < -0.4 is 5.56 Å². The first-order valence-corrected chi connectivity index (χ1v) is 6.52. The van der Waals surface area contributed by atoms with Gasteiger partial charge in [-0.25, -0.2) is 0 Å². The molecule has 1 aromatic carbocycles. The van der Waals surface area contributed by atoms with Crippen LogP contribution in [0.4, 0.5) is 5.69 Å².